The number of nitrogens with zero attached hydrogens (tertiary/aromatic N) is 2. The van der Waals surface area contributed by atoms with Gasteiger partial charge >= 0.3 is 5.97 Å². The van der Waals surface area contributed by atoms with Crippen LogP contribution in [0.5, 0.6) is 5.75 Å². The first-order chi connectivity index (χ1) is 17.7. The molecule has 194 valence electrons. The number of ether oxygens (including phenoxy) is 2. The highest BCUT2D eigenvalue weighted by Crippen LogP contribution is 2.45. The first-order valence-electron chi connectivity index (χ1n) is 12.4. The van der Waals surface area contributed by atoms with Gasteiger partial charge in [-0.3, -0.25) is 4.79 Å². The average Bonchev–Trinajstić information content (AvgIpc) is 3.23. The van der Waals surface area contributed by atoms with E-state index in [1.165, 1.54) is 11.8 Å². The maximum atomic E-state index is 13.3. The molecule has 8 heteroatoms. The smallest absolute Gasteiger partial charge is 0.338 e. The number of esters is 1. The van der Waals surface area contributed by atoms with Crippen LogP contribution >= 0.6 is 11.8 Å². The highest BCUT2D eigenvalue weighted by Gasteiger charge is 2.41. The molecule has 0 saturated heterocycles. The van der Waals surface area contributed by atoms with Gasteiger partial charge in [0.25, 0.3) is 0 Å². The summed E-state index contributed by atoms with van der Waals surface area (Å²) in [6, 6.07) is 17.2. The zero-order chi connectivity index (χ0) is 26.5. The Balaban J connectivity index is 1.69. The van der Waals surface area contributed by atoms with Crippen molar-refractivity contribution >= 4 is 28.8 Å². The fourth-order valence-electron chi connectivity index (χ4n) is 4.28. The van der Waals surface area contributed by atoms with Crippen LogP contribution < -0.4 is 10.1 Å². The van der Waals surface area contributed by atoms with Crippen molar-refractivity contribution in [3.63, 3.8) is 0 Å². The van der Waals surface area contributed by atoms with Crippen LogP contribution in [0.2, 0.25) is 0 Å². The lowest BCUT2D eigenvalue weighted by molar-refractivity contribution is -0.143. The molecule has 0 fully saturated rings. The summed E-state index contributed by atoms with van der Waals surface area (Å²) in [4.78, 5) is 32.7. The van der Waals surface area contributed by atoms with E-state index < -0.39 is 12.0 Å². The first kappa shape index (κ1) is 26.5. The van der Waals surface area contributed by atoms with Crippen LogP contribution in [0.4, 0.5) is 0 Å². The molecule has 2 heterocycles. The zero-order valence-corrected chi connectivity index (χ0v) is 22.7. The quantitative estimate of drug-likeness (QED) is 0.428. The van der Waals surface area contributed by atoms with Crippen molar-refractivity contribution in [2.24, 2.45) is 4.99 Å². The van der Waals surface area contributed by atoms with Gasteiger partial charge in [-0.15, -0.1) is 0 Å². The van der Waals surface area contributed by atoms with E-state index in [1.807, 2.05) is 99.5 Å². The summed E-state index contributed by atoms with van der Waals surface area (Å²) >= 11 is 1.45. The number of thioether (sulfide) groups is 1. The molecule has 0 bridgehead atoms. The monoisotopic (exact) mass is 519 g/mol. The third-order valence-corrected chi connectivity index (χ3v) is 6.67. The van der Waals surface area contributed by atoms with Gasteiger partial charge in [-0.05, 0) is 63.3 Å². The lowest BCUT2D eigenvalue weighted by atomic mass is 9.93. The van der Waals surface area contributed by atoms with Crippen LogP contribution in [-0.4, -0.2) is 34.1 Å². The summed E-state index contributed by atoms with van der Waals surface area (Å²) in [5.41, 5.74) is 3.76. The number of aliphatic imine (C=N–C) groups is 1. The van der Waals surface area contributed by atoms with Crippen LogP contribution in [0.3, 0.4) is 0 Å². The van der Waals surface area contributed by atoms with E-state index in [2.05, 4.69) is 5.32 Å². The summed E-state index contributed by atoms with van der Waals surface area (Å²) in [5.74, 6) is 0.188. The molecular formula is C29H33N3O4S. The average molecular weight is 520 g/mol. The number of allylic oxidation sites excluding steroid dienone is 1. The molecule has 2 aromatic carbocycles. The second-order valence-corrected chi connectivity index (χ2v) is 10.4. The molecule has 2 aliphatic rings. The molecular weight excluding hydrogens is 486 g/mol. The molecule has 4 rings (SSSR count). The van der Waals surface area contributed by atoms with Crippen molar-refractivity contribution in [1.82, 2.24) is 10.2 Å². The molecule has 1 atom stereocenters. The summed E-state index contributed by atoms with van der Waals surface area (Å²) in [6.45, 7) is 9.77. The molecule has 0 unspecified atom stereocenters. The molecule has 0 aromatic heterocycles. The zero-order valence-electron chi connectivity index (χ0n) is 21.9. The maximum Gasteiger partial charge on any atom is 0.338 e. The van der Waals surface area contributed by atoms with Gasteiger partial charge in [0.1, 0.15) is 12.4 Å². The number of nitrogens with one attached hydrogen (secondary N) is 1. The predicted molar refractivity (Wildman–Crippen MR) is 147 cm³/mol. The second-order valence-electron chi connectivity index (χ2n) is 9.59. The fourth-order valence-corrected chi connectivity index (χ4v) is 5.24. The summed E-state index contributed by atoms with van der Waals surface area (Å²) < 4.78 is 11.7. The SMILES string of the molecule is CC1=C(C(=O)OC(C)C)[C@@H](c2cccc(OCc3ccccc3)c2)N2C(CC(=O)NC(C)C)=CSC2=N1. The Hall–Kier alpha value is -3.52. The van der Waals surface area contributed by atoms with Crippen molar-refractivity contribution in [3.8, 4) is 5.75 Å². The number of amides is 1. The van der Waals surface area contributed by atoms with E-state index in [1.54, 1.807) is 0 Å². The number of amidine groups is 1. The fraction of sp³-hybridized carbons (Fsp3) is 0.345. The topological polar surface area (TPSA) is 80.2 Å². The third-order valence-electron chi connectivity index (χ3n) is 5.78. The van der Waals surface area contributed by atoms with Gasteiger partial charge in [-0.25, -0.2) is 9.79 Å². The number of carbonyl (C=O) groups is 2. The molecule has 0 radical (unpaired) electrons. The van der Waals surface area contributed by atoms with E-state index in [0.717, 1.165) is 22.0 Å². The van der Waals surface area contributed by atoms with E-state index in [4.69, 9.17) is 14.5 Å². The number of benzene rings is 2. The highest BCUT2D eigenvalue weighted by molar-refractivity contribution is 8.16. The Morgan fingerprint density at radius 2 is 1.84 bits per heavy atom. The Kier molecular flexibility index (Phi) is 8.38. The summed E-state index contributed by atoms with van der Waals surface area (Å²) in [7, 11) is 0. The van der Waals surface area contributed by atoms with Crippen molar-refractivity contribution in [3.05, 3.63) is 88.1 Å². The number of hydrogen-bond acceptors (Lipinski definition) is 7. The molecule has 2 aliphatic heterocycles. The Labute approximate surface area is 222 Å². The van der Waals surface area contributed by atoms with E-state index in [-0.39, 0.29) is 24.5 Å². The number of rotatable bonds is 9. The lowest BCUT2D eigenvalue weighted by Crippen LogP contribution is -2.39. The van der Waals surface area contributed by atoms with Crippen molar-refractivity contribution in [1.29, 1.82) is 0 Å². The lowest BCUT2D eigenvalue weighted by Gasteiger charge is -2.36. The standard InChI is InChI=1S/C29H33N3O4S/c1-18(2)30-25(33)15-23-17-37-29-31-20(5)26(28(34)36-19(3)4)27(32(23)29)22-12-9-13-24(14-22)35-16-21-10-7-6-8-11-21/h6-14,17-19,27H,15-16H2,1-5H3,(H,30,33)/t27-/m1/s1. The van der Waals surface area contributed by atoms with E-state index >= 15 is 0 Å². The predicted octanol–water partition coefficient (Wildman–Crippen LogP) is 5.71. The highest BCUT2D eigenvalue weighted by atomic mass is 32.2. The third kappa shape index (κ3) is 6.43. The van der Waals surface area contributed by atoms with Crippen molar-refractivity contribution < 1.29 is 19.1 Å². The molecule has 1 N–H and O–H groups in total. The molecule has 37 heavy (non-hydrogen) atoms. The largest absolute Gasteiger partial charge is 0.489 e. The van der Waals surface area contributed by atoms with Gasteiger partial charge < -0.3 is 19.7 Å². The van der Waals surface area contributed by atoms with Crippen LogP contribution in [0.15, 0.2) is 82.0 Å². The van der Waals surface area contributed by atoms with E-state index in [0.29, 0.717) is 23.6 Å². The second kappa shape index (κ2) is 11.7. The molecule has 2 aromatic rings. The van der Waals surface area contributed by atoms with Gasteiger partial charge in [-0.2, -0.15) is 0 Å². The molecule has 1 amide bonds. The minimum atomic E-state index is -0.507. The molecule has 0 spiro atoms. The van der Waals surface area contributed by atoms with Gasteiger partial charge in [0.2, 0.25) is 5.91 Å². The van der Waals surface area contributed by atoms with Crippen LogP contribution in [0, 0.1) is 0 Å². The van der Waals surface area contributed by atoms with Crippen LogP contribution in [0.1, 0.15) is 58.2 Å². The Morgan fingerprint density at radius 1 is 1.08 bits per heavy atom. The molecule has 0 saturated carbocycles. The van der Waals surface area contributed by atoms with Crippen molar-refractivity contribution in [2.75, 3.05) is 0 Å². The first-order valence-corrected chi connectivity index (χ1v) is 13.3. The minimum absolute atomic E-state index is 0.0320. The number of carbonyl (C=O) groups excluding carboxylic acids is 2. The van der Waals surface area contributed by atoms with Gasteiger partial charge in [0.15, 0.2) is 5.17 Å². The summed E-state index contributed by atoms with van der Waals surface area (Å²) in [6.07, 6.45) is -0.102. The maximum absolute atomic E-state index is 13.3. The van der Waals surface area contributed by atoms with Gasteiger partial charge in [0, 0.05) is 11.7 Å². The van der Waals surface area contributed by atoms with E-state index in [9.17, 15) is 9.59 Å². The van der Waals surface area contributed by atoms with Crippen LogP contribution in [0.25, 0.3) is 0 Å². The number of hydrogen-bond donors (Lipinski definition) is 1. The normalized spacial score (nSPS) is 16.9. The van der Waals surface area contributed by atoms with Gasteiger partial charge in [-0.1, -0.05) is 54.2 Å². The minimum Gasteiger partial charge on any atom is -0.489 e. The Morgan fingerprint density at radius 3 is 2.54 bits per heavy atom. The van der Waals surface area contributed by atoms with Crippen molar-refractivity contribution in [2.45, 2.75) is 65.8 Å². The molecule has 0 aliphatic carbocycles. The molecule has 7 nitrogen and oxygen atoms in total. The number of fused-ring (bicyclic) bond motifs is 1. The van der Waals surface area contributed by atoms with Gasteiger partial charge in [0.05, 0.1) is 29.8 Å². The summed E-state index contributed by atoms with van der Waals surface area (Å²) in [5, 5.41) is 5.62. The van der Waals surface area contributed by atoms with Crippen LogP contribution in [-0.2, 0) is 20.9 Å². The Bertz CT molecular complexity index is 1250.